The number of H-pyrrole nitrogens is 1. The second-order valence-corrected chi connectivity index (χ2v) is 10.7. The molecular weight excluding hydrogens is 490 g/mol. The molecule has 0 amide bonds. The highest BCUT2D eigenvalue weighted by atomic mass is 32.1. The lowest BCUT2D eigenvalue weighted by molar-refractivity contribution is 0.0440. The lowest BCUT2D eigenvalue weighted by atomic mass is 10.2. The Hall–Kier alpha value is -3.38. The van der Waals surface area contributed by atoms with Gasteiger partial charge in [-0.15, -0.1) is 11.3 Å². The van der Waals surface area contributed by atoms with Gasteiger partial charge >= 0.3 is 0 Å². The second-order valence-electron chi connectivity index (χ2n) is 9.47. The monoisotopic (exact) mass is 519 g/mol. The number of hydrogen-bond donors (Lipinski definition) is 2. The summed E-state index contributed by atoms with van der Waals surface area (Å²) < 4.78 is 12.5. The fourth-order valence-corrected chi connectivity index (χ4v) is 5.49. The number of aromatic nitrogens is 5. The first-order valence-corrected chi connectivity index (χ1v) is 13.2. The van der Waals surface area contributed by atoms with E-state index >= 15 is 0 Å². The maximum absolute atomic E-state index is 10.5. The highest BCUT2D eigenvalue weighted by Crippen LogP contribution is 2.26. The number of aliphatic hydroxyl groups excluding tert-OH is 1. The van der Waals surface area contributed by atoms with Crippen molar-refractivity contribution >= 4 is 32.6 Å². The van der Waals surface area contributed by atoms with Gasteiger partial charge in [0.15, 0.2) is 5.82 Å². The molecular formula is C26H29N7O3S. The second kappa shape index (κ2) is 10.2. The Balaban J connectivity index is 0.966. The molecule has 3 aromatic heterocycles. The summed E-state index contributed by atoms with van der Waals surface area (Å²) in [7, 11) is 0. The average molecular weight is 520 g/mol. The van der Waals surface area contributed by atoms with Gasteiger partial charge in [0.25, 0.3) is 5.89 Å². The first-order valence-electron chi connectivity index (χ1n) is 12.4. The third-order valence-electron chi connectivity index (χ3n) is 6.52. The number of ether oxygens (including phenoxy) is 1. The molecule has 0 bridgehead atoms. The molecule has 0 aliphatic carbocycles. The maximum atomic E-state index is 10.5. The van der Waals surface area contributed by atoms with E-state index in [4.69, 9.17) is 9.26 Å². The number of imidazole rings is 1. The molecule has 11 heteroatoms. The fraction of sp³-hybridized carbons (Fsp3) is 0.385. The van der Waals surface area contributed by atoms with Crippen LogP contribution in [0.1, 0.15) is 16.7 Å². The minimum Gasteiger partial charge on any atom is -0.491 e. The SMILES string of the molecule is Cc1nc2cc(-c3nc(CN4CCN(CC(O)COc5ccc6sc(C)nc6c5)CC4)no3)ccc2[nH]1. The van der Waals surface area contributed by atoms with Crippen LogP contribution in [-0.2, 0) is 6.54 Å². The van der Waals surface area contributed by atoms with Crippen LogP contribution in [0.5, 0.6) is 5.75 Å². The fourth-order valence-electron chi connectivity index (χ4n) is 4.69. The van der Waals surface area contributed by atoms with Crippen LogP contribution in [0.4, 0.5) is 0 Å². The molecule has 4 heterocycles. The normalized spacial score (nSPS) is 16.1. The minimum absolute atomic E-state index is 0.254. The van der Waals surface area contributed by atoms with Crippen LogP contribution in [0.3, 0.4) is 0 Å². The minimum atomic E-state index is -0.560. The summed E-state index contributed by atoms with van der Waals surface area (Å²) in [5, 5.41) is 15.7. The zero-order valence-electron chi connectivity index (χ0n) is 20.8. The van der Waals surface area contributed by atoms with Gasteiger partial charge in [-0.3, -0.25) is 9.80 Å². The van der Waals surface area contributed by atoms with Crippen molar-refractivity contribution in [3.63, 3.8) is 0 Å². The molecule has 5 aromatic rings. The van der Waals surface area contributed by atoms with Crippen LogP contribution >= 0.6 is 11.3 Å². The lowest BCUT2D eigenvalue weighted by Crippen LogP contribution is -2.48. The van der Waals surface area contributed by atoms with Crippen molar-refractivity contribution in [2.75, 3.05) is 39.3 Å². The molecule has 0 saturated carbocycles. The maximum Gasteiger partial charge on any atom is 0.258 e. The Morgan fingerprint density at radius 2 is 1.86 bits per heavy atom. The summed E-state index contributed by atoms with van der Waals surface area (Å²) in [5.41, 5.74) is 3.67. The first kappa shape index (κ1) is 24.0. The number of thiazole rings is 1. The largest absolute Gasteiger partial charge is 0.491 e. The van der Waals surface area contributed by atoms with E-state index in [0.29, 0.717) is 24.8 Å². The highest BCUT2D eigenvalue weighted by Gasteiger charge is 2.21. The number of aromatic amines is 1. The molecule has 0 radical (unpaired) electrons. The molecule has 2 N–H and O–H groups in total. The van der Waals surface area contributed by atoms with Gasteiger partial charge in [0.05, 0.1) is 32.8 Å². The van der Waals surface area contributed by atoms with Crippen LogP contribution in [0, 0.1) is 13.8 Å². The van der Waals surface area contributed by atoms with Crippen LogP contribution in [0.15, 0.2) is 40.9 Å². The molecule has 10 nitrogen and oxygen atoms in total. The smallest absolute Gasteiger partial charge is 0.258 e. The van der Waals surface area contributed by atoms with Gasteiger partial charge in [-0.1, -0.05) is 5.16 Å². The predicted molar refractivity (Wildman–Crippen MR) is 142 cm³/mol. The lowest BCUT2D eigenvalue weighted by Gasteiger charge is -2.34. The van der Waals surface area contributed by atoms with Crippen molar-refractivity contribution in [2.24, 2.45) is 0 Å². The molecule has 1 aliphatic rings. The zero-order valence-corrected chi connectivity index (χ0v) is 21.7. The molecule has 1 aliphatic heterocycles. The molecule has 1 atom stereocenters. The molecule has 37 heavy (non-hydrogen) atoms. The number of β-amino-alcohol motifs (C(OH)–C–C–N with tert-alkyl or cyclic N) is 1. The third-order valence-corrected chi connectivity index (χ3v) is 7.48. The van der Waals surface area contributed by atoms with Crippen molar-refractivity contribution in [1.82, 2.24) is 34.9 Å². The van der Waals surface area contributed by atoms with Crippen LogP contribution < -0.4 is 4.74 Å². The van der Waals surface area contributed by atoms with Crippen LogP contribution in [-0.4, -0.2) is 85.4 Å². The standard InChI is InChI=1S/C26H29N7O3S/c1-16-27-21-5-3-18(11-22(21)28-16)26-30-25(31-36-26)14-33-9-7-32(8-10-33)13-19(34)15-35-20-4-6-24-23(12-20)29-17(2)37-24/h3-6,11-12,19,34H,7-10,13-15H2,1-2H3,(H,27,28). The van der Waals surface area contributed by atoms with E-state index in [1.54, 1.807) is 11.3 Å². The number of aryl methyl sites for hydroxylation is 2. The molecule has 192 valence electrons. The number of nitrogens with zero attached hydrogens (tertiary/aromatic N) is 6. The quantitative estimate of drug-likeness (QED) is 0.318. The predicted octanol–water partition coefficient (Wildman–Crippen LogP) is 3.40. The Morgan fingerprint density at radius 1 is 1.03 bits per heavy atom. The summed E-state index contributed by atoms with van der Waals surface area (Å²) in [6.07, 6.45) is -0.560. The third kappa shape index (κ3) is 5.49. The summed E-state index contributed by atoms with van der Waals surface area (Å²) in [5.74, 6) is 2.78. The number of fused-ring (bicyclic) bond motifs is 2. The van der Waals surface area contributed by atoms with E-state index in [2.05, 4.69) is 34.9 Å². The number of hydrogen-bond acceptors (Lipinski definition) is 10. The van der Waals surface area contributed by atoms with E-state index in [-0.39, 0.29) is 6.61 Å². The van der Waals surface area contributed by atoms with Crippen molar-refractivity contribution < 1.29 is 14.4 Å². The van der Waals surface area contributed by atoms with E-state index in [1.165, 1.54) is 0 Å². The van der Waals surface area contributed by atoms with Gasteiger partial charge in [0.1, 0.15) is 24.3 Å². The van der Waals surface area contributed by atoms with E-state index in [1.807, 2.05) is 50.2 Å². The number of piperazine rings is 1. The number of nitrogens with one attached hydrogen (secondary N) is 1. The Bertz CT molecular complexity index is 1520. The van der Waals surface area contributed by atoms with Gasteiger partial charge in [0.2, 0.25) is 0 Å². The first-order chi connectivity index (χ1) is 18.0. The molecule has 2 aromatic carbocycles. The van der Waals surface area contributed by atoms with Crippen molar-refractivity contribution in [3.8, 4) is 17.2 Å². The molecule has 6 rings (SSSR count). The summed E-state index contributed by atoms with van der Waals surface area (Å²) >= 11 is 1.67. The van der Waals surface area contributed by atoms with E-state index in [0.717, 1.165) is 69.6 Å². The van der Waals surface area contributed by atoms with Crippen LogP contribution in [0.2, 0.25) is 0 Å². The van der Waals surface area contributed by atoms with Gasteiger partial charge in [-0.2, -0.15) is 4.98 Å². The Morgan fingerprint density at radius 3 is 2.73 bits per heavy atom. The molecule has 0 spiro atoms. The topological polar surface area (TPSA) is 116 Å². The van der Waals surface area contributed by atoms with Gasteiger partial charge in [-0.25, -0.2) is 9.97 Å². The summed E-state index contributed by atoms with van der Waals surface area (Å²) in [4.78, 5) is 21.4. The van der Waals surface area contributed by atoms with E-state index in [9.17, 15) is 5.11 Å². The zero-order chi connectivity index (χ0) is 25.4. The van der Waals surface area contributed by atoms with Gasteiger partial charge in [-0.05, 0) is 44.2 Å². The number of rotatable bonds is 8. The number of benzene rings is 2. The average Bonchev–Trinajstić information content (AvgIpc) is 3.60. The van der Waals surface area contributed by atoms with Crippen LogP contribution in [0.25, 0.3) is 32.7 Å². The molecule has 1 unspecified atom stereocenters. The van der Waals surface area contributed by atoms with Crippen molar-refractivity contribution in [2.45, 2.75) is 26.5 Å². The number of aliphatic hydroxyl groups is 1. The van der Waals surface area contributed by atoms with Crippen molar-refractivity contribution in [1.29, 1.82) is 0 Å². The summed E-state index contributed by atoms with van der Waals surface area (Å²) in [6, 6.07) is 11.8. The molecule has 1 fully saturated rings. The van der Waals surface area contributed by atoms with Gasteiger partial charge in [0, 0.05) is 44.4 Å². The Kier molecular flexibility index (Phi) is 6.59. The van der Waals surface area contributed by atoms with E-state index < -0.39 is 6.10 Å². The van der Waals surface area contributed by atoms with Gasteiger partial charge < -0.3 is 19.4 Å². The highest BCUT2D eigenvalue weighted by molar-refractivity contribution is 7.18. The molecule has 1 saturated heterocycles. The Labute approximate surface area is 217 Å². The summed E-state index contributed by atoms with van der Waals surface area (Å²) in [6.45, 7) is 8.86. The van der Waals surface area contributed by atoms with Crippen molar-refractivity contribution in [3.05, 3.63) is 53.1 Å².